The van der Waals surface area contributed by atoms with Gasteiger partial charge in [0.1, 0.15) is 5.82 Å². The number of amides is 1. The number of aromatic amines is 1. The predicted molar refractivity (Wildman–Crippen MR) is 73.4 cm³/mol. The minimum absolute atomic E-state index is 0.00403. The number of rotatable bonds is 5. The Morgan fingerprint density at radius 2 is 2.10 bits per heavy atom. The smallest absolute Gasteiger partial charge is 0.293 e. The number of aromatic nitrogens is 3. The van der Waals surface area contributed by atoms with Crippen molar-refractivity contribution in [3.05, 3.63) is 11.6 Å². The molecule has 6 nitrogen and oxygen atoms in total. The zero-order chi connectivity index (χ0) is 13.5. The van der Waals surface area contributed by atoms with Crippen LogP contribution in [-0.2, 0) is 0 Å². The molecular weight excluding hydrogens is 254 g/mol. The number of H-pyrrole nitrogens is 1. The van der Waals surface area contributed by atoms with Crippen molar-refractivity contribution in [1.29, 1.82) is 0 Å². The molecular formula is C14H21N5O. The number of nitrogens with one attached hydrogen (secondary N) is 2. The average molecular weight is 275 g/mol. The van der Waals surface area contributed by atoms with Crippen LogP contribution in [0.4, 0.5) is 0 Å². The van der Waals surface area contributed by atoms with E-state index in [9.17, 15) is 4.79 Å². The Hall–Kier alpha value is -1.43. The minimum atomic E-state index is 0.00403. The van der Waals surface area contributed by atoms with E-state index >= 15 is 0 Å². The lowest BCUT2D eigenvalue weighted by molar-refractivity contribution is 0.0716. The van der Waals surface area contributed by atoms with Crippen LogP contribution in [0.2, 0.25) is 0 Å². The molecule has 1 unspecified atom stereocenters. The lowest BCUT2D eigenvalue weighted by Gasteiger charge is -2.24. The summed E-state index contributed by atoms with van der Waals surface area (Å²) in [4.78, 5) is 19.0. The third kappa shape index (κ3) is 2.44. The molecule has 108 valence electrons. The van der Waals surface area contributed by atoms with Crippen LogP contribution in [0.5, 0.6) is 0 Å². The van der Waals surface area contributed by atoms with Crippen LogP contribution in [0.15, 0.2) is 0 Å². The molecule has 3 fully saturated rings. The summed E-state index contributed by atoms with van der Waals surface area (Å²) in [6.07, 6.45) is 6.96. The minimum Gasteiger partial charge on any atom is -0.331 e. The highest BCUT2D eigenvalue weighted by Gasteiger charge is 2.37. The van der Waals surface area contributed by atoms with Crippen molar-refractivity contribution >= 4 is 5.91 Å². The van der Waals surface area contributed by atoms with E-state index in [1.54, 1.807) is 0 Å². The molecule has 1 aromatic heterocycles. The Morgan fingerprint density at radius 1 is 1.25 bits per heavy atom. The van der Waals surface area contributed by atoms with Gasteiger partial charge in [0.15, 0.2) is 0 Å². The summed E-state index contributed by atoms with van der Waals surface area (Å²) in [5.74, 6) is 1.76. The van der Waals surface area contributed by atoms with E-state index in [0.29, 0.717) is 23.8 Å². The molecule has 1 saturated heterocycles. The fraction of sp³-hybridized carbons (Fsp3) is 0.786. The summed E-state index contributed by atoms with van der Waals surface area (Å²) in [6.45, 7) is 1.88. The van der Waals surface area contributed by atoms with Gasteiger partial charge in [-0.05, 0) is 45.1 Å². The quantitative estimate of drug-likeness (QED) is 0.842. The number of carbonyl (C=O) groups excluding carboxylic acids is 1. The Kier molecular flexibility index (Phi) is 2.98. The first-order valence-electron chi connectivity index (χ1n) is 7.78. The van der Waals surface area contributed by atoms with Crippen molar-refractivity contribution < 1.29 is 4.79 Å². The van der Waals surface area contributed by atoms with E-state index in [1.807, 2.05) is 4.90 Å². The second-order valence-electron chi connectivity index (χ2n) is 6.30. The summed E-state index contributed by atoms with van der Waals surface area (Å²) in [5, 5.41) is 10.5. The lowest BCUT2D eigenvalue weighted by Crippen LogP contribution is -2.42. The molecule has 4 rings (SSSR count). The lowest BCUT2D eigenvalue weighted by atomic mass is 10.2. The highest BCUT2D eigenvalue weighted by atomic mass is 16.2. The zero-order valence-electron chi connectivity index (χ0n) is 11.6. The van der Waals surface area contributed by atoms with Crippen LogP contribution in [0.1, 0.15) is 60.9 Å². The van der Waals surface area contributed by atoms with Gasteiger partial charge in [-0.15, -0.1) is 5.10 Å². The third-order valence-electron chi connectivity index (χ3n) is 4.49. The summed E-state index contributed by atoms with van der Waals surface area (Å²) in [5.41, 5.74) is 0. The van der Waals surface area contributed by atoms with Crippen molar-refractivity contribution in [3.8, 4) is 0 Å². The Bertz CT molecular complexity index is 499. The van der Waals surface area contributed by atoms with Crippen LogP contribution in [0.3, 0.4) is 0 Å². The van der Waals surface area contributed by atoms with Gasteiger partial charge in [0.25, 0.3) is 5.91 Å². The van der Waals surface area contributed by atoms with Gasteiger partial charge >= 0.3 is 0 Å². The standard InChI is InChI=1S/C14H21N5O/c20-14(13-16-12(17-18-13)9-3-4-9)19(11-5-6-11)8-10-2-1-7-15-10/h9-11,15H,1-8H2,(H,16,17,18). The molecule has 3 aliphatic rings. The van der Waals surface area contributed by atoms with Crippen LogP contribution in [0.25, 0.3) is 0 Å². The summed E-state index contributed by atoms with van der Waals surface area (Å²) in [6, 6.07) is 0.856. The van der Waals surface area contributed by atoms with Gasteiger partial charge in [-0.3, -0.25) is 9.89 Å². The van der Waals surface area contributed by atoms with Crippen molar-refractivity contribution in [2.75, 3.05) is 13.1 Å². The SMILES string of the molecule is O=C(c1n[nH]c(C2CC2)n1)N(CC1CCCN1)C1CC1. The molecule has 20 heavy (non-hydrogen) atoms. The van der Waals surface area contributed by atoms with E-state index in [2.05, 4.69) is 20.5 Å². The maximum absolute atomic E-state index is 12.6. The first kappa shape index (κ1) is 12.3. The largest absolute Gasteiger partial charge is 0.331 e. The van der Waals surface area contributed by atoms with Gasteiger partial charge in [0, 0.05) is 24.5 Å². The van der Waals surface area contributed by atoms with Crippen molar-refractivity contribution in [3.63, 3.8) is 0 Å². The van der Waals surface area contributed by atoms with Crippen molar-refractivity contribution in [1.82, 2.24) is 25.4 Å². The number of nitrogens with zero attached hydrogens (tertiary/aromatic N) is 3. The Morgan fingerprint density at radius 3 is 2.75 bits per heavy atom. The van der Waals surface area contributed by atoms with E-state index in [1.165, 1.54) is 19.3 Å². The molecule has 1 aromatic rings. The van der Waals surface area contributed by atoms with E-state index in [4.69, 9.17) is 0 Å². The molecule has 2 saturated carbocycles. The first-order valence-corrected chi connectivity index (χ1v) is 7.78. The fourth-order valence-electron chi connectivity index (χ4n) is 2.97. The molecule has 2 aliphatic carbocycles. The molecule has 2 heterocycles. The number of hydrogen-bond acceptors (Lipinski definition) is 4. The monoisotopic (exact) mass is 275 g/mol. The predicted octanol–water partition coefficient (Wildman–Crippen LogP) is 1.04. The van der Waals surface area contributed by atoms with Gasteiger partial charge in [-0.25, -0.2) is 4.98 Å². The van der Waals surface area contributed by atoms with Crippen LogP contribution in [-0.4, -0.2) is 51.2 Å². The van der Waals surface area contributed by atoms with Gasteiger partial charge in [0.05, 0.1) is 0 Å². The molecule has 0 radical (unpaired) electrons. The maximum Gasteiger partial charge on any atom is 0.293 e. The summed E-state index contributed by atoms with van der Waals surface area (Å²) in [7, 11) is 0. The van der Waals surface area contributed by atoms with Crippen molar-refractivity contribution in [2.45, 2.75) is 56.5 Å². The molecule has 1 amide bonds. The van der Waals surface area contributed by atoms with Crippen molar-refractivity contribution in [2.24, 2.45) is 0 Å². The maximum atomic E-state index is 12.6. The number of carbonyl (C=O) groups is 1. The molecule has 0 spiro atoms. The molecule has 0 aromatic carbocycles. The Balaban J connectivity index is 1.47. The Labute approximate surface area is 118 Å². The van der Waals surface area contributed by atoms with Gasteiger partial charge in [-0.2, -0.15) is 0 Å². The van der Waals surface area contributed by atoms with Crippen LogP contribution >= 0.6 is 0 Å². The van der Waals surface area contributed by atoms with Gasteiger partial charge in [-0.1, -0.05) is 0 Å². The molecule has 6 heteroatoms. The van der Waals surface area contributed by atoms with Crippen LogP contribution in [0, 0.1) is 0 Å². The second-order valence-corrected chi connectivity index (χ2v) is 6.30. The van der Waals surface area contributed by atoms with Crippen LogP contribution < -0.4 is 5.32 Å². The summed E-state index contributed by atoms with van der Waals surface area (Å²) < 4.78 is 0. The van der Waals surface area contributed by atoms with E-state index < -0.39 is 0 Å². The molecule has 0 bridgehead atoms. The highest BCUT2D eigenvalue weighted by Crippen LogP contribution is 2.38. The second kappa shape index (κ2) is 4.84. The first-order chi connectivity index (χ1) is 9.81. The third-order valence-corrected chi connectivity index (χ3v) is 4.49. The summed E-state index contributed by atoms with van der Waals surface area (Å²) >= 11 is 0. The molecule has 2 N–H and O–H groups in total. The van der Waals surface area contributed by atoms with E-state index in [-0.39, 0.29) is 5.91 Å². The average Bonchev–Trinajstić information content (AvgIpc) is 3.39. The fourth-order valence-corrected chi connectivity index (χ4v) is 2.97. The topological polar surface area (TPSA) is 73.9 Å². The molecule has 1 atom stereocenters. The van der Waals surface area contributed by atoms with Gasteiger partial charge < -0.3 is 10.2 Å². The normalized spacial score (nSPS) is 25.9. The molecule has 1 aliphatic heterocycles. The van der Waals surface area contributed by atoms with Gasteiger partial charge in [0.2, 0.25) is 5.82 Å². The van der Waals surface area contributed by atoms with E-state index in [0.717, 1.165) is 38.2 Å². The number of hydrogen-bond donors (Lipinski definition) is 2. The zero-order valence-corrected chi connectivity index (χ0v) is 11.6. The highest BCUT2D eigenvalue weighted by molar-refractivity contribution is 5.91.